The molecule has 0 saturated carbocycles. The molecular weight excluding hydrogens is 1240 g/mol. The Morgan fingerprint density at radius 3 is 1.69 bits per heavy atom. The van der Waals surface area contributed by atoms with E-state index >= 15 is 0 Å². The number of anilines is 4. The molecule has 0 saturated heterocycles. The van der Waals surface area contributed by atoms with Crippen LogP contribution in [0.1, 0.15) is 130 Å². The monoisotopic (exact) mass is 1310 g/mol. The van der Waals surface area contributed by atoms with Gasteiger partial charge >= 0.3 is 0 Å². The number of nitrogens with zero attached hydrogens (tertiary/aromatic N) is 4. The van der Waals surface area contributed by atoms with Gasteiger partial charge in [-0.05, 0) is 114 Å². The molecule has 0 fully saturated rings. The molecule has 1 aliphatic heterocycles. The number of rotatable bonds is 10. The van der Waals surface area contributed by atoms with Crippen molar-refractivity contribution in [1.29, 1.82) is 0 Å². The predicted octanol–water partition coefficient (Wildman–Crippen LogP) is 22.5. The van der Waals surface area contributed by atoms with E-state index in [0.717, 1.165) is 72.8 Å². The van der Waals surface area contributed by atoms with Crippen LogP contribution in [0.15, 0.2) is 188 Å². The van der Waals surface area contributed by atoms with Gasteiger partial charge in [-0.15, -0.1) is 65.0 Å². The molecule has 13 rings (SSSR count). The van der Waals surface area contributed by atoms with Gasteiger partial charge in [0.15, 0.2) is 0 Å². The first-order chi connectivity index (χ1) is 40.2. The zero-order valence-corrected chi connectivity index (χ0v) is 54.1. The molecule has 0 N–H and O–H groups in total. The molecule has 3 aromatic heterocycles. The Kier molecular flexibility index (Phi) is 14.9. The van der Waals surface area contributed by atoms with Crippen LogP contribution in [0.3, 0.4) is 0 Å². The van der Waals surface area contributed by atoms with Gasteiger partial charge in [0.1, 0.15) is 5.82 Å². The van der Waals surface area contributed by atoms with Crippen molar-refractivity contribution in [3.8, 4) is 50.7 Å². The van der Waals surface area contributed by atoms with Crippen molar-refractivity contribution in [1.82, 2.24) is 9.55 Å². The predicted molar refractivity (Wildman–Crippen MR) is 358 cm³/mol. The Balaban J connectivity index is 0.00000709. The fourth-order valence-electron chi connectivity index (χ4n) is 12.4. The van der Waals surface area contributed by atoms with Gasteiger partial charge in [-0.25, -0.2) is 4.98 Å². The normalized spacial score (nSPS) is 13.0. The van der Waals surface area contributed by atoms with E-state index in [1.165, 1.54) is 58.9 Å². The van der Waals surface area contributed by atoms with Crippen LogP contribution in [-0.2, 0) is 37.3 Å². The van der Waals surface area contributed by atoms with Gasteiger partial charge < -0.3 is 19.1 Å². The molecule has 0 unspecified atom stereocenters. The van der Waals surface area contributed by atoms with E-state index in [1.54, 1.807) is 0 Å². The number of aromatic nitrogens is 2. The molecule has 0 bridgehead atoms. The maximum Gasteiger partial charge on any atom is 0.135 e. The van der Waals surface area contributed by atoms with E-state index in [9.17, 15) is 0 Å². The first kappa shape index (κ1) is 57.7. The largest absolute Gasteiger partial charge is 0.509 e. The fraction of sp³-hybridized carbons (Fsp3) is 0.231. The summed E-state index contributed by atoms with van der Waals surface area (Å²) in [5.41, 5.74) is 19.3. The topological polar surface area (TPSA) is 33.5 Å². The second-order valence-electron chi connectivity index (χ2n) is 26.5. The minimum atomic E-state index is -0.0813. The summed E-state index contributed by atoms with van der Waals surface area (Å²) in [5.74, 6) is 2.57. The van der Waals surface area contributed by atoms with Gasteiger partial charge in [0.05, 0.1) is 0 Å². The van der Waals surface area contributed by atoms with Crippen molar-refractivity contribution in [2.75, 3.05) is 9.80 Å². The van der Waals surface area contributed by atoms with Crippen LogP contribution < -0.4 is 14.5 Å². The van der Waals surface area contributed by atoms with Crippen molar-refractivity contribution in [3.05, 3.63) is 235 Å². The second kappa shape index (κ2) is 21.9. The number of thiophene rings is 1. The molecule has 0 radical (unpaired) electrons. The standard InChI is InChI=1S/C78H73N4OS.Pt/c1-48(2)59-21-18-22-60(49(3)4)72(59)52-42-56(80-47-81(67-26-16-15-25-66(67)80)74-61(50-28-32-53(33-29-50)76(5,6)7)23-19-24-62(74)51-30-34-54(35-31-51)77(8,9)10)45-58(43-52)83-57-36-37-65-69(46-57)82(71-44-55(40-41-79-71)78(11,12)13)68-39-38-64-63-20-14-17-27-70(63)84-75(64)73(65)68;/h14-44,47-49H,1-13H3;/q-3;. The molecular formula is C78H73N4OPtS-3. The van der Waals surface area contributed by atoms with Gasteiger partial charge in [-0.2, -0.15) is 6.07 Å². The Morgan fingerprint density at radius 1 is 0.506 bits per heavy atom. The first-order valence-electron chi connectivity index (χ1n) is 29.7. The SMILES string of the molecule is CC(C)c1cccc(C(C)C)c1-c1cc(Oc2[c-]c3c(cc2)c2c4sc5ccccc5c4ccc2n3-c2cc(C(C)(C)C)ccn2)[c-]c(N2[CH-]N(c3c(-c4ccc(C(C)(C)C)cc4)cccc3-c3ccc(C(C)(C)C)cc3)c3ccccc32)c1.[Pt]. The Hall–Kier alpha value is -7.76. The van der Waals surface area contributed by atoms with Crippen LogP contribution in [-0.4, -0.2) is 9.55 Å². The second-order valence-corrected chi connectivity index (χ2v) is 27.6. The number of para-hydroxylation sites is 3. The van der Waals surface area contributed by atoms with Crippen molar-refractivity contribution < 1.29 is 25.8 Å². The van der Waals surface area contributed by atoms with Gasteiger partial charge in [0.25, 0.3) is 0 Å². The third kappa shape index (κ3) is 10.5. The molecule has 430 valence electrons. The summed E-state index contributed by atoms with van der Waals surface area (Å²) in [6, 6.07) is 74.9. The Bertz CT molecular complexity index is 4400. The summed E-state index contributed by atoms with van der Waals surface area (Å²) in [4.78, 5) is 9.78. The van der Waals surface area contributed by atoms with Crippen LogP contribution in [0.25, 0.3) is 81.2 Å². The molecule has 0 amide bonds. The Labute approximate surface area is 521 Å². The van der Waals surface area contributed by atoms with E-state index in [-0.39, 0.29) is 49.1 Å². The molecule has 5 nitrogen and oxygen atoms in total. The van der Waals surface area contributed by atoms with Crippen LogP contribution in [0.4, 0.5) is 22.7 Å². The molecule has 1 aliphatic rings. The summed E-state index contributed by atoms with van der Waals surface area (Å²) in [5, 5.41) is 4.81. The molecule has 9 aromatic carbocycles. The average Bonchev–Trinajstić information content (AvgIpc) is 1.81. The van der Waals surface area contributed by atoms with E-state index in [4.69, 9.17) is 9.72 Å². The Morgan fingerprint density at radius 2 is 1.08 bits per heavy atom. The summed E-state index contributed by atoms with van der Waals surface area (Å²) in [6.07, 6.45) is 1.94. The number of hydrogen-bond donors (Lipinski definition) is 0. The molecule has 12 aromatic rings. The van der Waals surface area contributed by atoms with Crippen LogP contribution in [0.2, 0.25) is 0 Å². The van der Waals surface area contributed by atoms with Crippen LogP contribution in [0.5, 0.6) is 11.5 Å². The zero-order chi connectivity index (χ0) is 58.6. The number of fused-ring (bicyclic) bond motifs is 8. The van der Waals surface area contributed by atoms with Crippen LogP contribution in [0, 0.1) is 18.8 Å². The maximum atomic E-state index is 7.27. The smallest absolute Gasteiger partial charge is 0.135 e. The van der Waals surface area contributed by atoms with Crippen molar-refractivity contribution in [2.45, 2.75) is 118 Å². The molecule has 0 aliphatic carbocycles. The fourth-order valence-corrected chi connectivity index (χ4v) is 13.7. The van der Waals surface area contributed by atoms with Gasteiger partial charge in [0.2, 0.25) is 0 Å². The maximum absolute atomic E-state index is 7.27. The quantitative estimate of drug-likeness (QED) is 0.128. The van der Waals surface area contributed by atoms with E-state index < -0.39 is 0 Å². The van der Waals surface area contributed by atoms with Crippen molar-refractivity contribution >= 4 is 76.1 Å². The number of pyridine rings is 1. The van der Waals surface area contributed by atoms with Gasteiger partial charge in [-0.3, -0.25) is 0 Å². The molecule has 0 spiro atoms. The van der Waals surface area contributed by atoms with E-state index in [2.05, 4.69) is 305 Å². The minimum absolute atomic E-state index is 0. The summed E-state index contributed by atoms with van der Waals surface area (Å²) < 4.78 is 12.1. The van der Waals surface area contributed by atoms with E-state index in [0.29, 0.717) is 11.5 Å². The number of benzene rings is 9. The zero-order valence-electron chi connectivity index (χ0n) is 51.1. The van der Waals surface area contributed by atoms with E-state index in [1.807, 2.05) is 17.5 Å². The van der Waals surface area contributed by atoms with Gasteiger partial charge in [0, 0.05) is 92.6 Å². The molecule has 4 heterocycles. The third-order valence-corrected chi connectivity index (χ3v) is 18.2. The number of ether oxygens (including phenoxy) is 1. The first-order valence-corrected chi connectivity index (χ1v) is 30.5. The molecule has 7 heteroatoms. The summed E-state index contributed by atoms with van der Waals surface area (Å²) in [6.45, 7) is 31.9. The molecule has 85 heavy (non-hydrogen) atoms. The third-order valence-electron chi connectivity index (χ3n) is 17.0. The van der Waals surface area contributed by atoms with Gasteiger partial charge in [-0.1, -0.05) is 217 Å². The van der Waals surface area contributed by atoms with Crippen LogP contribution >= 0.6 is 11.3 Å². The summed E-state index contributed by atoms with van der Waals surface area (Å²) in [7, 11) is 0. The van der Waals surface area contributed by atoms with Crippen molar-refractivity contribution in [2.24, 2.45) is 0 Å². The molecule has 0 atom stereocenters. The minimum Gasteiger partial charge on any atom is -0.509 e. The number of hydrogen-bond acceptors (Lipinski definition) is 5. The van der Waals surface area contributed by atoms with Crippen molar-refractivity contribution in [3.63, 3.8) is 0 Å². The summed E-state index contributed by atoms with van der Waals surface area (Å²) >= 11 is 1.85. The average molecular weight is 1310 g/mol.